The molecule has 1 aromatic heterocycles. The Morgan fingerprint density at radius 3 is 2.57 bits per heavy atom. The molecule has 8 heteroatoms. The summed E-state index contributed by atoms with van der Waals surface area (Å²) in [5, 5.41) is 2.03. The molecule has 0 unspecified atom stereocenters. The average Bonchev–Trinajstić information content (AvgIpc) is 3.05. The first kappa shape index (κ1) is 18.2. The summed E-state index contributed by atoms with van der Waals surface area (Å²) in [6.07, 6.45) is 0.118. The van der Waals surface area contributed by atoms with Crippen molar-refractivity contribution in [2.45, 2.75) is 69.1 Å². The number of rotatable bonds is 5. The molecule has 1 saturated carbocycles. The molecule has 1 heterocycles. The fourth-order valence-electron chi connectivity index (χ4n) is 2.81. The molecule has 0 radical (unpaired) electrons. The van der Waals surface area contributed by atoms with E-state index >= 15 is 0 Å². The minimum absolute atomic E-state index is 0.379. The number of carbonyl (C=O) groups excluding carboxylic acids is 1. The number of hydrogen-bond donors (Lipinski definition) is 1. The van der Waals surface area contributed by atoms with Gasteiger partial charge in [-0.1, -0.05) is 24.6 Å². The topological polar surface area (TPSA) is 46.9 Å². The summed E-state index contributed by atoms with van der Waals surface area (Å²) in [6, 6.07) is 0.379. The molecule has 1 aliphatic carbocycles. The van der Waals surface area contributed by atoms with Crippen molar-refractivity contribution in [3.63, 3.8) is 0 Å². The first-order valence-electron chi connectivity index (χ1n) is 7.75. The molecule has 0 aromatic carbocycles. The molecular weight excluding hydrogens is 327 g/mol. The van der Waals surface area contributed by atoms with E-state index in [1.165, 1.54) is 24.6 Å². The van der Waals surface area contributed by atoms with Crippen LogP contribution in [0.1, 0.15) is 50.0 Å². The summed E-state index contributed by atoms with van der Waals surface area (Å²) in [5.74, 6) is -0.622. The third kappa shape index (κ3) is 4.65. The van der Waals surface area contributed by atoms with Gasteiger partial charge in [0.1, 0.15) is 6.54 Å². The lowest BCUT2D eigenvalue weighted by Crippen LogP contribution is -2.38. The maximum Gasteiger partial charge on any atom is 0.405 e. The average molecular weight is 349 g/mol. The molecule has 4 nitrogen and oxygen atoms in total. The molecule has 1 atom stereocenters. The van der Waals surface area contributed by atoms with Gasteiger partial charge in [-0.05, 0) is 33.6 Å². The van der Waals surface area contributed by atoms with Crippen molar-refractivity contribution in [2.75, 3.05) is 6.54 Å². The molecule has 1 amide bonds. The van der Waals surface area contributed by atoms with Crippen molar-refractivity contribution in [1.82, 2.24) is 14.9 Å². The van der Waals surface area contributed by atoms with Crippen LogP contribution in [-0.2, 0) is 4.79 Å². The molecule has 2 rings (SSSR count). The number of aromatic nitrogens is 2. The second-order valence-corrected chi connectivity index (χ2v) is 7.27. The number of nitrogens with one attached hydrogen (secondary N) is 1. The van der Waals surface area contributed by atoms with Gasteiger partial charge in [-0.25, -0.2) is 4.98 Å². The number of aryl methyl sites for hydroxylation is 1. The smallest absolute Gasteiger partial charge is 0.346 e. The SMILES string of the molecule is Cc1nc(S[C@@H](C)C(=O)NCC(F)(F)F)n(C2CCCC2)c1C. The molecule has 1 aromatic rings. The Morgan fingerprint density at radius 2 is 2.00 bits per heavy atom. The van der Waals surface area contributed by atoms with Gasteiger partial charge in [0.15, 0.2) is 5.16 Å². The first-order valence-corrected chi connectivity index (χ1v) is 8.63. The Balaban J connectivity index is 2.07. The quantitative estimate of drug-likeness (QED) is 0.823. The van der Waals surface area contributed by atoms with E-state index in [0.29, 0.717) is 6.04 Å². The number of thioether (sulfide) groups is 1. The Kier molecular flexibility index (Phi) is 5.65. The zero-order chi connectivity index (χ0) is 17.2. The molecule has 1 aliphatic rings. The lowest BCUT2D eigenvalue weighted by Gasteiger charge is -2.19. The van der Waals surface area contributed by atoms with Gasteiger partial charge in [0, 0.05) is 11.7 Å². The standard InChI is InChI=1S/C15H22F3N3OS/c1-9-10(2)21(12-6-4-5-7-12)14(20-9)23-11(3)13(22)19-8-15(16,17)18/h11-12H,4-8H2,1-3H3,(H,19,22)/t11-/m0/s1. The van der Waals surface area contributed by atoms with Crippen molar-refractivity contribution < 1.29 is 18.0 Å². The molecular formula is C15H22F3N3OS. The molecule has 1 fully saturated rings. The minimum Gasteiger partial charge on any atom is -0.346 e. The lowest BCUT2D eigenvalue weighted by atomic mass is 10.2. The van der Waals surface area contributed by atoms with E-state index in [9.17, 15) is 18.0 Å². The van der Waals surface area contributed by atoms with Crippen LogP contribution in [0.15, 0.2) is 5.16 Å². The number of halogens is 3. The van der Waals surface area contributed by atoms with Gasteiger partial charge in [-0.3, -0.25) is 4.79 Å². The highest BCUT2D eigenvalue weighted by Gasteiger charge is 2.30. The number of amides is 1. The highest BCUT2D eigenvalue weighted by molar-refractivity contribution is 8.00. The van der Waals surface area contributed by atoms with Crippen molar-refractivity contribution in [3.05, 3.63) is 11.4 Å². The van der Waals surface area contributed by atoms with Gasteiger partial charge in [-0.15, -0.1) is 0 Å². The number of hydrogen-bond acceptors (Lipinski definition) is 3. The predicted octanol–water partition coefficient (Wildman–Crippen LogP) is 3.77. The molecule has 0 spiro atoms. The normalized spacial score (nSPS) is 17.5. The summed E-state index contributed by atoms with van der Waals surface area (Å²) in [6.45, 7) is 4.22. The van der Waals surface area contributed by atoms with Crippen molar-refractivity contribution in [1.29, 1.82) is 0 Å². The van der Waals surface area contributed by atoms with E-state index < -0.39 is 23.9 Å². The molecule has 0 saturated heterocycles. The van der Waals surface area contributed by atoms with E-state index in [2.05, 4.69) is 9.55 Å². The summed E-state index contributed by atoms with van der Waals surface area (Å²) in [7, 11) is 0. The Morgan fingerprint density at radius 1 is 1.39 bits per heavy atom. The highest BCUT2D eigenvalue weighted by atomic mass is 32.2. The lowest BCUT2D eigenvalue weighted by molar-refractivity contribution is -0.137. The highest BCUT2D eigenvalue weighted by Crippen LogP contribution is 2.36. The third-order valence-electron chi connectivity index (χ3n) is 4.16. The Hall–Kier alpha value is -1.18. The van der Waals surface area contributed by atoms with Crippen LogP contribution < -0.4 is 5.32 Å². The predicted molar refractivity (Wildman–Crippen MR) is 83.6 cm³/mol. The van der Waals surface area contributed by atoms with Crippen LogP contribution in [0, 0.1) is 13.8 Å². The second-order valence-electron chi connectivity index (χ2n) is 5.97. The van der Waals surface area contributed by atoms with E-state index in [-0.39, 0.29) is 0 Å². The number of nitrogens with zero attached hydrogens (tertiary/aromatic N) is 2. The number of alkyl halides is 3. The van der Waals surface area contributed by atoms with E-state index in [1.807, 2.05) is 19.2 Å². The summed E-state index contributed by atoms with van der Waals surface area (Å²) < 4.78 is 38.7. The van der Waals surface area contributed by atoms with Gasteiger partial charge in [0.2, 0.25) is 5.91 Å². The maximum atomic E-state index is 12.2. The van der Waals surface area contributed by atoms with Crippen LogP contribution in [0.5, 0.6) is 0 Å². The van der Waals surface area contributed by atoms with Gasteiger partial charge >= 0.3 is 6.18 Å². The van der Waals surface area contributed by atoms with Crippen LogP contribution in [-0.4, -0.2) is 33.4 Å². The third-order valence-corrected chi connectivity index (χ3v) is 5.23. The second kappa shape index (κ2) is 7.15. The van der Waals surface area contributed by atoms with Crippen LogP contribution in [0.2, 0.25) is 0 Å². The maximum absolute atomic E-state index is 12.2. The van der Waals surface area contributed by atoms with Crippen molar-refractivity contribution in [2.24, 2.45) is 0 Å². The first-order chi connectivity index (χ1) is 10.7. The molecule has 130 valence electrons. The van der Waals surface area contributed by atoms with E-state index in [4.69, 9.17) is 0 Å². The minimum atomic E-state index is -4.39. The van der Waals surface area contributed by atoms with Gasteiger partial charge in [-0.2, -0.15) is 13.2 Å². The van der Waals surface area contributed by atoms with E-state index in [1.54, 1.807) is 6.92 Å². The fourth-order valence-corrected chi connectivity index (χ4v) is 3.91. The summed E-state index contributed by atoms with van der Waals surface area (Å²) in [5.41, 5.74) is 1.98. The number of imidazole rings is 1. The molecule has 1 N–H and O–H groups in total. The molecule has 0 bridgehead atoms. The zero-order valence-electron chi connectivity index (χ0n) is 13.5. The molecule has 0 aliphatic heterocycles. The Labute approximate surface area is 138 Å². The van der Waals surface area contributed by atoms with Crippen LogP contribution in [0.25, 0.3) is 0 Å². The van der Waals surface area contributed by atoms with Crippen molar-refractivity contribution in [3.8, 4) is 0 Å². The van der Waals surface area contributed by atoms with Crippen LogP contribution in [0.3, 0.4) is 0 Å². The monoisotopic (exact) mass is 349 g/mol. The summed E-state index contributed by atoms with van der Waals surface area (Å²) in [4.78, 5) is 16.4. The van der Waals surface area contributed by atoms with Gasteiger partial charge in [0.25, 0.3) is 0 Å². The largest absolute Gasteiger partial charge is 0.405 e. The van der Waals surface area contributed by atoms with Crippen LogP contribution in [0.4, 0.5) is 13.2 Å². The number of carbonyl (C=O) groups is 1. The fraction of sp³-hybridized carbons (Fsp3) is 0.733. The van der Waals surface area contributed by atoms with E-state index in [0.717, 1.165) is 29.4 Å². The Bertz CT molecular complexity index is 565. The molecule has 23 heavy (non-hydrogen) atoms. The van der Waals surface area contributed by atoms with Gasteiger partial charge < -0.3 is 9.88 Å². The zero-order valence-corrected chi connectivity index (χ0v) is 14.4. The van der Waals surface area contributed by atoms with Gasteiger partial charge in [0.05, 0.1) is 10.9 Å². The van der Waals surface area contributed by atoms with Crippen molar-refractivity contribution >= 4 is 17.7 Å². The summed E-state index contributed by atoms with van der Waals surface area (Å²) >= 11 is 1.22. The van der Waals surface area contributed by atoms with Crippen LogP contribution >= 0.6 is 11.8 Å².